The lowest BCUT2D eigenvalue weighted by atomic mass is 9.95. The van der Waals surface area contributed by atoms with Crippen LogP contribution in [0.5, 0.6) is 0 Å². The molecule has 0 atom stereocenters. The average molecular weight is 327 g/mol. The predicted octanol–water partition coefficient (Wildman–Crippen LogP) is 5.17. The number of carbonyl (C=O) groups is 1. The van der Waals surface area contributed by atoms with Crippen molar-refractivity contribution in [2.24, 2.45) is 5.92 Å². The summed E-state index contributed by atoms with van der Waals surface area (Å²) >= 11 is 0. The van der Waals surface area contributed by atoms with Crippen LogP contribution in [0.2, 0.25) is 0 Å². The Labute approximate surface area is 144 Å². The van der Waals surface area contributed by atoms with Crippen molar-refractivity contribution in [1.29, 1.82) is 0 Å². The molecule has 0 aromatic heterocycles. The Bertz CT molecular complexity index is 705. The van der Waals surface area contributed by atoms with Crippen LogP contribution in [0.1, 0.15) is 43.6 Å². The van der Waals surface area contributed by atoms with E-state index in [2.05, 4.69) is 13.8 Å². The van der Waals surface area contributed by atoms with E-state index in [0.29, 0.717) is 31.0 Å². The third-order valence-corrected chi connectivity index (χ3v) is 4.20. The minimum absolute atomic E-state index is 0.0118. The van der Waals surface area contributed by atoms with E-state index in [9.17, 15) is 9.18 Å². The number of hydrogen-bond donors (Lipinski definition) is 0. The van der Waals surface area contributed by atoms with Crippen LogP contribution in [0.4, 0.5) is 4.39 Å². The van der Waals surface area contributed by atoms with Crippen LogP contribution in [-0.4, -0.2) is 23.9 Å². The van der Waals surface area contributed by atoms with Gasteiger partial charge in [-0.2, -0.15) is 0 Å². The molecule has 0 saturated carbocycles. The van der Waals surface area contributed by atoms with Crippen molar-refractivity contribution in [2.45, 2.75) is 34.1 Å². The summed E-state index contributed by atoms with van der Waals surface area (Å²) in [6.07, 6.45) is 0.714. The van der Waals surface area contributed by atoms with Crippen molar-refractivity contribution in [3.63, 3.8) is 0 Å². The Morgan fingerprint density at radius 2 is 1.75 bits per heavy atom. The van der Waals surface area contributed by atoms with E-state index >= 15 is 0 Å². The minimum Gasteiger partial charge on any atom is -0.339 e. The molecule has 0 aliphatic heterocycles. The van der Waals surface area contributed by atoms with E-state index in [1.165, 1.54) is 0 Å². The highest BCUT2D eigenvalue weighted by atomic mass is 19.1. The molecule has 2 aromatic carbocycles. The summed E-state index contributed by atoms with van der Waals surface area (Å²) in [5, 5.41) is 0. The summed E-state index contributed by atoms with van der Waals surface area (Å²) in [5.41, 5.74) is 2.87. The summed E-state index contributed by atoms with van der Waals surface area (Å²) in [5.74, 6) is 0.190. The lowest BCUT2D eigenvalue weighted by Crippen LogP contribution is -2.30. The largest absolute Gasteiger partial charge is 0.339 e. The highest BCUT2D eigenvalue weighted by molar-refractivity contribution is 6.00. The van der Waals surface area contributed by atoms with Crippen LogP contribution in [-0.2, 0) is 6.42 Å². The van der Waals surface area contributed by atoms with Gasteiger partial charge in [-0.1, -0.05) is 44.2 Å². The first-order valence-corrected chi connectivity index (χ1v) is 8.65. The van der Waals surface area contributed by atoms with E-state index in [1.807, 2.05) is 50.2 Å². The van der Waals surface area contributed by atoms with Crippen LogP contribution in [0.25, 0.3) is 11.1 Å². The lowest BCUT2D eigenvalue weighted by Gasteiger charge is -2.20. The fraction of sp³-hybridized carbons (Fsp3) is 0.381. The number of hydrogen-bond acceptors (Lipinski definition) is 1. The van der Waals surface area contributed by atoms with Crippen molar-refractivity contribution < 1.29 is 9.18 Å². The Kier molecular flexibility index (Phi) is 6.13. The zero-order valence-electron chi connectivity index (χ0n) is 15.0. The molecule has 128 valence electrons. The molecule has 0 N–H and O–H groups in total. The molecule has 0 spiro atoms. The summed E-state index contributed by atoms with van der Waals surface area (Å²) < 4.78 is 14.4. The zero-order valence-corrected chi connectivity index (χ0v) is 15.0. The quantitative estimate of drug-likeness (QED) is 0.716. The van der Waals surface area contributed by atoms with Crippen LogP contribution >= 0.6 is 0 Å². The summed E-state index contributed by atoms with van der Waals surface area (Å²) in [6, 6.07) is 12.7. The van der Waals surface area contributed by atoms with Gasteiger partial charge >= 0.3 is 0 Å². The SMILES string of the molecule is CCN(CC)C(=O)c1ccccc1-c1ccc(CC(C)C)c(F)c1. The summed E-state index contributed by atoms with van der Waals surface area (Å²) in [4.78, 5) is 14.5. The van der Waals surface area contributed by atoms with Gasteiger partial charge in [-0.05, 0) is 55.0 Å². The third kappa shape index (κ3) is 4.02. The topological polar surface area (TPSA) is 20.3 Å². The maximum Gasteiger partial charge on any atom is 0.254 e. The van der Waals surface area contributed by atoms with Gasteiger partial charge in [0.15, 0.2) is 0 Å². The highest BCUT2D eigenvalue weighted by Crippen LogP contribution is 2.27. The number of amides is 1. The molecule has 0 radical (unpaired) electrons. The fourth-order valence-corrected chi connectivity index (χ4v) is 2.92. The summed E-state index contributed by atoms with van der Waals surface area (Å²) in [7, 11) is 0. The monoisotopic (exact) mass is 327 g/mol. The number of carbonyl (C=O) groups excluding carboxylic acids is 1. The third-order valence-electron chi connectivity index (χ3n) is 4.20. The Morgan fingerprint density at radius 3 is 2.33 bits per heavy atom. The van der Waals surface area contributed by atoms with Gasteiger partial charge < -0.3 is 4.90 Å². The van der Waals surface area contributed by atoms with Gasteiger partial charge in [-0.25, -0.2) is 4.39 Å². The predicted molar refractivity (Wildman–Crippen MR) is 97.6 cm³/mol. The van der Waals surface area contributed by atoms with Gasteiger partial charge in [0.05, 0.1) is 0 Å². The normalized spacial score (nSPS) is 10.9. The van der Waals surface area contributed by atoms with Crippen molar-refractivity contribution in [3.05, 3.63) is 59.4 Å². The van der Waals surface area contributed by atoms with Crippen molar-refractivity contribution in [3.8, 4) is 11.1 Å². The van der Waals surface area contributed by atoms with E-state index in [4.69, 9.17) is 0 Å². The molecule has 0 saturated heterocycles. The van der Waals surface area contributed by atoms with E-state index in [0.717, 1.165) is 16.7 Å². The molecule has 24 heavy (non-hydrogen) atoms. The Balaban J connectivity index is 2.43. The molecular weight excluding hydrogens is 301 g/mol. The minimum atomic E-state index is -0.203. The number of rotatable bonds is 6. The molecule has 2 nitrogen and oxygen atoms in total. The first-order chi connectivity index (χ1) is 11.5. The molecule has 3 heteroatoms. The van der Waals surface area contributed by atoms with Crippen LogP contribution < -0.4 is 0 Å². The second-order valence-electron chi connectivity index (χ2n) is 6.43. The molecule has 0 aliphatic carbocycles. The maximum absolute atomic E-state index is 14.4. The van der Waals surface area contributed by atoms with Crippen molar-refractivity contribution in [2.75, 3.05) is 13.1 Å². The number of benzene rings is 2. The highest BCUT2D eigenvalue weighted by Gasteiger charge is 2.17. The maximum atomic E-state index is 14.4. The zero-order chi connectivity index (χ0) is 17.7. The second-order valence-corrected chi connectivity index (χ2v) is 6.43. The van der Waals surface area contributed by atoms with E-state index in [-0.39, 0.29) is 11.7 Å². The fourth-order valence-electron chi connectivity index (χ4n) is 2.92. The Morgan fingerprint density at radius 1 is 1.08 bits per heavy atom. The second kappa shape index (κ2) is 8.09. The molecule has 0 unspecified atom stereocenters. The van der Waals surface area contributed by atoms with Crippen molar-refractivity contribution in [1.82, 2.24) is 4.90 Å². The van der Waals surface area contributed by atoms with Crippen molar-refractivity contribution >= 4 is 5.91 Å². The molecule has 0 aliphatic rings. The molecule has 1 amide bonds. The van der Waals surface area contributed by atoms with Gasteiger partial charge in [0, 0.05) is 18.7 Å². The molecule has 2 rings (SSSR count). The molecular formula is C21H26FNO. The molecule has 0 fully saturated rings. The van der Waals surface area contributed by atoms with Gasteiger partial charge in [-0.3, -0.25) is 4.79 Å². The Hall–Kier alpha value is -2.16. The van der Waals surface area contributed by atoms with Gasteiger partial charge in [-0.15, -0.1) is 0 Å². The number of nitrogens with zero attached hydrogens (tertiary/aromatic N) is 1. The molecule has 0 heterocycles. The molecule has 2 aromatic rings. The first kappa shape index (κ1) is 18.2. The standard InChI is InChI=1S/C21H26FNO/c1-5-23(6-2)21(24)19-10-8-7-9-18(19)16-11-12-17(13-15(3)4)20(22)14-16/h7-12,14-15H,5-6,13H2,1-4H3. The van der Waals surface area contributed by atoms with Gasteiger partial charge in [0.1, 0.15) is 5.82 Å². The van der Waals surface area contributed by atoms with E-state index in [1.54, 1.807) is 11.0 Å². The van der Waals surface area contributed by atoms with Gasteiger partial charge in [0.2, 0.25) is 0 Å². The average Bonchev–Trinajstić information content (AvgIpc) is 2.57. The van der Waals surface area contributed by atoms with E-state index < -0.39 is 0 Å². The van der Waals surface area contributed by atoms with Crippen LogP contribution in [0, 0.1) is 11.7 Å². The van der Waals surface area contributed by atoms with Crippen LogP contribution in [0.3, 0.4) is 0 Å². The van der Waals surface area contributed by atoms with Crippen LogP contribution in [0.15, 0.2) is 42.5 Å². The van der Waals surface area contributed by atoms with Gasteiger partial charge in [0.25, 0.3) is 5.91 Å². The smallest absolute Gasteiger partial charge is 0.254 e. The molecule has 0 bridgehead atoms. The first-order valence-electron chi connectivity index (χ1n) is 8.65. The lowest BCUT2D eigenvalue weighted by molar-refractivity contribution is 0.0774. The summed E-state index contributed by atoms with van der Waals surface area (Å²) in [6.45, 7) is 9.39. The number of halogens is 1.